The lowest BCUT2D eigenvalue weighted by Gasteiger charge is -2.23. The number of H-pyrrole nitrogens is 1. The SMILES string of the molecule is COc1ccc(C(CC(=O)NCc2nc(N)n[nH]2)c2c(O)cc3c(c2O)C(=O)O[C@@H](C)CCCC(=O)CCC/C=C/3)cc1. The molecule has 0 saturated heterocycles. The zero-order valence-electron chi connectivity index (χ0n) is 24.3. The summed E-state index contributed by atoms with van der Waals surface area (Å²) in [5.41, 5.74) is 6.29. The van der Waals surface area contributed by atoms with E-state index in [1.165, 1.54) is 13.2 Å². The molecule has 12 nitrogen and oxygen atoms in total. The van der Waals surface area contributed by atoms with Crippen molar-refractivity contribution in [2.75, 3.05) is 12.8 Å². The zero-order chi connectivity index (χ0) is 30.9. The average molecular weight is 592 g/mol. The summed E-state index contributed by atoms with van der Waals surface area (Å²) in [5, 5.41) is 32.0. The number of carbonyl (C=O) groups is 3. The number of esters is 1. The highest BCUT2D eigenvalue weighted by Crippen LogP contribution is 2.44. The second-order valence-electron chi connectivity index (χ2n) is 10.5. The molecule has 228 valence electrons. The number of anilines is 1. The number of hydrogen-bond acceptors (Lipinski definition) is 10. The second kappa shape index (κ2) is 14.3. The Labute approximate surface area is 249 Å². The third-order valence-corrected chi connectivity index (χ3v) is 7.31. The summed E-state index contributed by atoms with van der Waals surface area (Å²) < 4.78 is 10.9. The van der Waals surface area contributed by atoms with Crippen molar-refractivity contribution in [1.82, 2.24) is 20.5 Å². The van der Waals surface area contributed by atoms with E-state index in [4.69, 9.17) is 15.2 Å². The second-order valence-corrected chi connectivity index (χ2v) is 10.5. The lowest BCUT2D eigenvalue weighted by Crippen LogP contribution is -2.26. The van der Waals surface area contributed by atoms with E-state index >= 15 is 0 Å². The van der Waals surface area contributed by atoms with E-state index in [1.54, 1.807) is 43.3 Å². The van der Waals surface area contributed by atoms with E-state index in [1.807, 2.05) is 0 Å². The lowest BCUT2D eigenvalue weighted by atomic mass is 9.84. The van der Waals surface area contributed by atoms with Crippen LogP contribution in [-0.2, 0) is 20.9 Å². The Morgan fingerprint density at radius 3 is 2.65 bits per heavy atom. The smallest absolute Gasteiger partial charge is 0.342 e. The number of nitrogens with two attached hydrogens (primary N) is 1. The van der Waals surface area contributed by atoms with Crippen LogP contribution >= 0.6 is 0 Å². The van der Waals surface area contributed by atoms with E-state index in [0.717, 1.165) is 0 Å². The number of carbonyl (C=O) groups excluding carboxylic acids is 3. The molecular weight excluding hydrogens is 554 g/mol. The van der Waals surface area contributed by atoms with Crippen molar-refractivity contribution in [1.29, 1.82) is 0 Å². The highest BCUT2D eigenvalue weighted by Gasteiger charge is 2.31. The van der Waals surface area contributed by atoms with Gasteiger partial charge in [0.1, 0.15) is 34.4 Å². The van der Waals surface area contributed by atoms with Gasteiger partial charge in [-0.25, -0.2) is 4.79 Å². The minimum atomic E-state index is -0.857. The maximum Gasteiger partial charge on any atom is 0.342 e. The molecule has 43 heavy (non-hydrogen) atoms. The summed E-state index contributed by atoms with van der Waals surface area (Å²) >= 11 is 0. The van der Waals surface area contributed by atoms with Crippen LogP contribution in [-0.4, -0.2) is 56.3 Å². The van der Waals surface area contributed by atoms with Gasteiger partial charge in [0, 0.05) is 30.7 Å². The van der Waals surface area contributed by atoms with Crippen molar-refractivity contribution in [3.63, 3.8) is 0 Å². The normalized spacial score (nSPS) is 17.7. The van der Waals surface area contributed by atoms with Gasteiger partial charge in [0.25, 0.3) is 0 Å². The number of cyclic esters (lactones) is 1. The predicted octanol–water partition coefficient (Wildman–Crippen LogP) is 4.13. The van der Waals surface area contributed by atoms with Crippen molar-refractivity contribution in [3.05, 3.63) is 64.5 Å². The van der Waals surface area contributed by atoms with Gasteiger partial charge in [-0.2, -0.15) is 4.98 Å². The standard InChI is InChI=1S/C31H37N5O7/c1-18-7-6-10-21(37)9-5-3-4-8-20-15-24(38)28(29(40)27(20)30(41)43-18)23(19-11-13-22(42-2)14-12-19)16-26(39)33-17-25-34-31(32)36-35-25/h4,8,11-15,18,23,38,40H,3,5-7,9-10,16-17H2,1-2H3,(H,33,39)(H3,32,34,35,36)/b8-4+/t18-,23?/m0/s1. The molecule has 12 heteroatoms. The number of aromatic hydroxyl groups is 2. The molecule has 1 aliphatic heterocycles. The highest BCUT2D eigenvalue weighted by molar-refractivity contribution is 5.98. The molecule has 0 aliphatic carbocycles. The van der Waals surface area contributed by atoms with Crippen LogP contribution in [0.15, 0.2) is 36.4 Å². The number of methoxy groups -OCH3 is 1. The minimum absolute atomic E-state index is 0.00712. The number of ether oxygens (including phenoxy) is 2. The summed E-state index contributed by atoms with van der Waals surface area (Å²) in [7, 11) is 1.53. The van der Waals surface area contributed by atoms with Crippen LogP contribution in [0.4, 0.5) is 5.95 Å². The van der Waals surface area contributed by atoms with Crippen molar-refractivity contribution < 1.29 is 34.1 Å². The topological polar surface area (TPSA) is 190 Å². The zero-order valence-corrected chi connectivity index (χ0v) is 24.3. The number of benzene rings is 2. The third-order valence-electron chi connectivity index (χ3n) is 7.31. The molecule has 1 aliphatic rings. The number of hydrogen-bond donors (Lipinski definition) is 5. The van der Waals surface area contributed by atoms with Gasteiger partial charge in [0.15, 0.2) is 0 Å². The Bertz CT molecular complexity index is 1480. The molecule has 2 atom stereocenters. The summed E-state index contributed by atoms with van der Waals surface area (Å²) in [6.45, 7) is 1.76. The van der Waals surface area contributed by atoms with Gasteiger partial charge in [0.05, 0.1) is 19.8 Å². The molecule has 0 bridgehead atoms. The van der Waals surface area contributed by atoms with Gasteiger partial charge in [-0.15, -0.1) is 5.10 Å². The molecule has 4 rings (SSSR count). The average Bonchev–Trinajstić information content (AvgIpc) is 3.39. The number of fused-ring (bicyclic) bond motifs is 1. The molecule has 0 fully saturated rings. The highest BCUT2D eigenvalue weighted by atomic mass is 16.5. The van der Waals surface area contributed by atoms with Crippen LogP contribution in [0.1, 0.15) is 90.7 Å². The number of nitrogens with one attached hydrogen (secondary N) is 2. The fourth-order valence-electron chi connectivity index (χ4n) is 5.07. The first-order chi connectivity index (χ1) is 20.7. The molecule has 3 aromatic rings. The van der Waals surface area contributed by atoms with Crippen LogP contribution in [0.2, 0.25) is 0 Å². The van der Waals surface area contributed by atoms with Crippen LogP contribution in [0.25, 0.3) is 6.08 Å². The molecule has 6 N–H and O–H groups in total. The minimum Gasteiger partial charge on any atom is -0.507 e. The van der Waals surface area contributed by atoms with E-state index in [-0.39, 0.29) is 47.1 Å². The number of aromatic amines is 1. The maximum atomic E-state index is 13.5. The number of phenolic OH excluding ortho intramolecular Hbond substituents is 2. The molecule has 1 amide bonds. The third kappa shape index (κ3) is 8.12. The Hall–Kier alpha value is -4.87. The van der Waals surface area contributed by atoms with Crippen molar-refractivity contribution in [2.45, 2.75) is 70.4 Å². The molecular formula is C31H37N5O7. The summed E-state index contributed by atoms with van der Waals surface area (Å²) in [6.07, 6.45) is 5.88. The van der Waals surface area contributed by atoms with Gasteiger partial charge >= 0.3 is 5.97 Å². The fraction of sp³-hybridized carbons (Fsp3) is 0.387. The van der Waals surface area contributed by atoms with Crippen LogP contribution < -0.4 is 15.8 Å². The summed E-state index contributed by atoms with van der Waals surface area (Å²) in [4.78, 5) is 42.7. The Balaban J connectivity index is 1.74. The number of nitrogen functional groups attached to an aromatic ring is 1. The van der Waals surface area contributed by atoms with Crippen molar-refractivity contribution >= 4 is 29.7 Å². The predicted molar refractivity (Wildman–Crippen MR) is 158 cm³/mol. The van der Waals surface area contributed by atoms with E-state index in [2.05, 4.69) is 20.5 Å². The van der Waals surface area contributed by atoms with Gasteiger partial charge in [-0.05, 0) is 61.9 Å². The monoisotopic (exact) mass is 591 g/mol. The van der Waals surface area contributed by atoms with Gasteiger partial charge < -0.3 is 30.7 Å². The summed E-state index contributed by atoms with van der Waals surface area (Å²) in [6, 6.07) is 8.24. The van der Waals surface area contributed by atoms with Gasteiger partial charge in [-0.3, -0.25) is 14.7 Å². The number of ketones is 1. The van der Waals surface area contributed by atoms with Crippen molar-refractivity contribution in [2.24, 2.45) is 0 Å². The number of nitrogens with zero attached hydrogens (tertiary/aromatic N) is 2. The van der Waals surface area contributed by atoms with E-state index in [0.29, 0.717) is 55.7 Å². The van der Waals surface area contributed by atoms with Gasteiger partial charge in [0.2, 0.25) is 11.9 Å². The molecule has 2 aromatic carbocycles. The van der Waals surface area contributed by atoms with Crippen LogP contribution in [0.5, 0.6) is 17.2 Å². The van der Waals surface area contributed by atoms with Crippen LogP contribution in [0.3, 0.4) is 0 Å². The van der Waals surface area contributed by atoms with Crippen molar-refractivity contribution in [3.8, 4) is 17.2 Å². The molecule has 2 heterocycles. The molecule has 1 aromatic heterocycles. The lowest BCUT2D eigenvalue weighted by molar-refractivity contribution is -0.121. The number of allylic oxidation sites excluding steroid dienone is 1. The van der Waals surface area contributed by atoms with Gasteiger partial charge in [-0.1, -0.05) is 24.3 Å². The fourth-order valence-corrected chi connectivity index (χ4v) is 5.07. The maximum absolute atomic E-state index is 13.5. The Morgan fingerprint density at radius 2 is 1.95 bits per heavy atom. The Kier molecular flexibility index (Phi) is 10.4. The first-order valence-corrected chi connectivity index (χ1v) is 14.2. The molecule has 1 unspecified atom stereocenters. The molecule has 0 spiro atoms. The first-order valence-electron chi connectivity index (χ1n) is 14.2. The van der Waals surface area contributed by atoms with Crippen LogP contribution in [0, 0.1) is 0 Å². The molecule has 0 saturated carbocycles. The largest absolute Gasteiger partial charge is 0.507 e. The number of amides is 1. The number of rotatable bonds is 7. The quantitative estimate of drug-likeness (QED) is 0.250. The Morgan fingerprint density at radius 1 is 1.21 bits per heavy atom. The molecule has 0 radical (unpaired) electrons. The number of aromatic nitrogens is 3. The summed E-state index contributed by atoms with van der Waals surface area (Å²) in [5.74, 6) is -1.66. The first kappa shape index (κ1) is 31.1. The van der Waals surface area contributed by atoms with E-state index in [9.17, 15) is 24.6 Å². The van der Waals surface area contributed by atoms with E-state index < -0.39 is 29.6 Å². The number of Topliss-reactive ketones (excluding diaryl/α,β-unsaturated/α-hetero) is 1. The number of phenols is 2.